The number of carbonyl (C=O) groups excluding carboxylic acids is 1. The van der Waals surface area contributed by atoms with Crippen molar-refractivity contribution < 1.29 is 14.3 Å². The predicted molar refractivity (Wildman–Crippen MR) is 114 cm³/mol. The van der Waals surface area contributed by atoms with Crippen LogP contribution in [0.4, 0.5) is 0 Å². The number of hydrogen-bond acceptors (Lipinski definition) is 3. The average molecular weight is 384 g/mol. The Balaban J connectivity index is 2.16. The highest BCUT2D eigenvalue weighted by atomic mass is 16.5. The molecule has 0 saturated carbocycles. The number of ether oxygens (including phenoxy) is 2. The van der Waals surface area contributed by atoms with E-state index in [2.05, 4.69) is 39.1 Å². The van der Waals surface area contributed by atoms with Gasteiger partial charge in [-0.25, -0.2) is 0 Å². The number of benzene rings is 2. The van der Waals surface area contributed by atoms with Gasteiger partial charge in [0.25, 0.3) is 5.91 Å². The van der Waals surface area contributed by atoms with Crippen LogP contribution >= 0.6 is 0 Å². The summed E-state index contributed by atoms with van der Waals surface area (Å²) in [7, 11) is 0. The molecule has 0 aliphatic heterocycles. The molecule has 0 fully saturated rings. The quantitative estimate of drug-likeness (QED) is 0.550. The van der Waals surface area contributed by atoms with E-state index in [-0.39, 0.29) is 5.91 Å². The fourth-order valence-corrected chi connectivity index (χ4v) is 3.11. The van der Waals surface area contributed by atoms with Crippen molar-refractivity contribution in [2.75, 3.05) is 13.2 Å². The van der Waals surface area contributed by atoms with E-state index in [1.807, 2.05) is 31.2 Å². The van der Waals surface area contributed by atoms with Crippen LogP contribution in [0.15, 0.2) is 30.3 Å². The predicted octanol–water partition coefficient (Wildman–Crippen LogP) is 5.51. The van der Waals surface area contributed by atoms with Crippen LogP contribution in [0.1, 0.15) is 65.7 Å². The molecule has 0 bridgehead atoms. The molecule has 0 atom stereocenters. The molecule has 2 rings (SSSR count). The zero-order valence-electron chi connectivity index (χ0n) is 17.9. The van der Waals surface area contributed by atoms with Crippen LogP contribution in [0.25, 0.3) is 0 Å². The van der Waals surface area contributed by atoms with Crippen LogP contribution in [-0.2, 0) is 6.61 Å². The Morgan fingerprint density at radius 3 is 2.46 bits per heavy atom. The molecule has 2 aromatic carbocycles. The molecule has 1 N–H and O–H groups in total. The lowest BCUT2D eigenvalue weighted by atomic mass is 10.1. The highest BCUT2D eigenvalue weighted by Gasteiger charge is 2.12. The van der Waals surface area contributed by atoms with Crippen molar-refractivity contribution in [1.29, 1.82) is 0 Å². The van der Waals surface area contributed by atoms with Crippen molar-refractivity contribution in [3.05, 3.63) is 58.1 Å². The molecule has 28 heavy (non-hydrogen) atoms. The Hall–Kier alpha value is -2.49. The van der Waals surface area contributed by atoms with Gasteiger partial charge in [-0.05, 0) is 75.1 Å². The third-order valence-electron chi connectivity index (χ3n) is 4.84. The Kier molecular flexibility index (Phi) is 8.37. The Bertz CT molecular complexity index is 799. The first-order valence-corrected chi connectivity index (χ1v) is 10.2. The minimum Gasteiger partial charge on any atom is -0.493 e. The molecule has 0 radical (unpaired) electrons. The molecule has 0 aliphatic rings. The fraction of sp³-hybridized carbons (Fsp3) is 0.458. The summed E-state index contributed by atoms with van der Waals surface area (Å²) in [5, 5.41) is 2.99. The van der Waals surface area contributed by atoms with Crippen LogP contribution in [-0.4, -0.2) is 19.1 Å². The number of hydrogen-bond donors (Lipinski definition) is 1. The maximum atomic E-state index is 12.5. The molecule has 0 spiro atoms. The molecule has 0 aliphatic carbocycles. The van der Waals surface area contributed by atoms with Crippen molar-refractivity contribution >= 4 is 5.91 Å². The lowest BCUT2D eigenvalue weighted by Crippen LogP contribution is -2.24. The standard InChI is InChI=1S/C24H33NO3/c1-6-8-9-12-25-24(26)20-10-11-22(27-7-2)21(15-20)16-28-23-14-17(3)13-18(4)19(23)5/h10-11,13-15H,6-9,12,16H2,1-5H3,(H,25,26). The summed E-state index contributed by atoms with van der Waals surface area (Å²) >= 11 is 0. The molecule has 0 heterocycles. The number of carbonyl (C=O) groups is 1. The molecule has 0 aromatic heterocycles. The normalized spacial score (nSPS) is 10.6. The van der Waals surface area contributed by atoms with E-state index in [4.69, 9.17) is 9.47 Å². The van der Waals surface area contributed by atoms with Crippen LogP contribution in [0.2, 0.25) is 0 Å². The molecule has 4 heteroatoms. The molecule has 4 nitrogen and oxygen atoms in total. The van der Waals surface area contributed by atoms with E-state index in [9.17, 15) is 4.79 Å². The van der Waals surface area contributed by atoms with Gasteiger partial charge < -0.3 is 14.8 Å². The third kappa shape index (κ3) is 6.01. The number of nitrogens with one attached hydrogen (secondary N) is 1. The van der Waals surface area contributed by atoms with Crippen LogP contribution in [0.5, 0.6) is 11.5 Å². The summed E-state index contributed by atoms with van der Waals surface area (Å²) in [6, 6.07) is 9.74. The summed E-state index contributed by atoms with van der Waals surface area (Å²) < 4.78 is 11.8. The fourth-order valence-electron chi connectivity index (χ4n) is 3.11. The smallest absolute Gasteiger partial charge is 0.251 e. The minimum atomic E-state index is -0.0528. The molecule has 152 valence electrons. The van der Waals surface area contributed by atoms with Gasteiger partial charge in [0, 0.05) is 17.7 Å². The topological polar surface area (TPSA) is 47.6 Å². The second kappa shape index (κ2) is 10.7. The van der Waals surface area contributed by atoms with Crippen LogP contribution < -0.4 is 14.8 Å². The van der Waals surface area contributed by atoms with E-state index in [1.165, 1.54) is 11.1 Å². The molecular weight excluding hydrogens is 350 g/mol. The van der Waals surface area contributed by atoms with Crippen molar-refractivity contribution in [1.82, 2.24) is 5.32 Å². The summed E-state index contributed by atoms with van der Waals surface area (Å²) in [6.07, 6.45) is 3.26. The zero-order chi connectivity index (χ0) is 20.5. The van der Waals surface area contributed by atoms with Crippen molar-refractivity contribution in [3.63, 3.8) is 0 Å². The van der Waals surface area contributed by atoms with Gasteiger partial charge in [0.05, 0.1) is 6.61 Å². The van der Waals surface area contributed by atoms with Crippen molar-refractivity contribution in [2.45, 2.75) is 60.5 Å². The maximum Gasteiger partial charge on any atom is 0.251 e. The van der Waals surface area contributed by atoms with E-state index in [0.29, 0.717) is 25.3 Å². The number of rotatable bonds is 10. The van der Waals surface area contributed by atoms with Gasteiger partial charge in [-0.3, -0.25) is 4.79 Å². The SMILES string of the molecule is CCCCCNC(=O)c1ccc(OCC)c(COc2cc(C)cc(C)c2C)c1. The summed E-state index contributed by atoms with van der Waals surface area (Å²) in [4.78, 5) is 12.5. The van der Waals surface area contributed by atoms with Crippen molar-refractivity contribution in [3.8, 4) is 11.5 Å². The lowest BCUT2D eigenvalue weighted by Gasteiger charge is -2.16. The van der Waals surface area contributed by atoms with E-state index >= 15 is 0 Å². The molecular formula is C24H33NO3. The first-order valence-electron chi connectivity index (χ1n) is 10.2. The monoisotopic (exact) mass is 383 g/mol. The lowest BCUT2D eigenvalue weighted by molar-refractivity contribution is 0.0952. The second-order valence-electron chi connectivity index (χ2n) is 7.21. The molecule has 0 saturated heterocycles. The Morgan fingerprint density at radius 1 is 0.964 bits per heavy atom. The van der Waals surface area contributed by atoms with Gasteiger partial charge in [-0.2, -0.15) is 0 Å². The zero-order valence-corrected chi connectivity index (χ0v) is 17.9. The van der Waals surface area contributed by atoms with Gasteiger partial charge in [-0.15, -0.1) is 0 Å². The molecule has 2 aromatic rings. The van der Waals surface area contributed by atoms with Gasteiger partial charge in [-0.1, -0.05) is 25.8 Å². The number of aryl methyl sites for hydroxylation is 2. The number of amides is 1. The van der Waals surface area contributed by atoms with E-state index in [1.54, 1.807) is 0 Å². The second-order valence-corrected chi connectivity index (χ2v) is 7.21. The van der Waals surface area contributed by atoms with Crippen LogP contribution in [0.3, 0.4) is 0 Å². The minimum absolute atomic E-state index is 0.0528. The summed E-state index contributed by atoms with van der Waals surface area (Å²) in [5.41, 5.74) is 5.02. The first-order chi connectivity index (χ1) is 13.5. The molecule has 1 amide bonds. The van der Waals surface area contributed by atoms with Crippen LogP contribution in [0, 0.1) is 20.8 Å². The summed E-state index contributed by atoms with van der Waals surface area (Å²) in [6.45, 7) is 11.9. The van der Waals surface area contributed by atoms with Gasteiger partial charge in [0.2, 0.25) is 0 Å². The highest BCUT2D eigenvalue weighted by molar-refractivity contribution is 5.94. The molecule has 0 unspecified atom stereocenters. The highest BCUT2D eigenvalue weighted by Crippen LogP contribution is 2.27. The first kappa shape index (κ1) is 21.8. The van der Waals surface area contributed by atoms with E-state index < -0.39 is 0 Å². The van der Waals surface area contributed by atoms with Crippen molar-refractivity contribution in [2.24, 2.45) is 0 Å². The van der Waals surface area contributed by atoms with Gasteiger partial charge in [0.1, 0.15) is 18.1 Å². The summed E-state index contributed by atoms with van der Waals surface area (Å²) in [5.74, 6) is 1.57. The third-order valence-corrected chi connectivity index (χ3v) is 4.84. The van der Waals surface area contributed by atoms with E-state index in [0.717, 1.165) is 41.9 Å². The maximum absolute atomic E-state index is 12.5. The Morgan fingerprint density at radius 2 is 1.75 bits per heavy atom. The van der Waals surface area contributed by atoms with Gasteiger partial charge >= 0.3 is 0 Å². The van der Waals surface area contributed by atoms with Gasteiger partial charge in [0.15, 0.2) is 0 Å². The largest absolute Gasteiger partial charge is 0.493 e. The number of unbranched alkanes of at least 4 members (excludes halogenated alkanes) is 2. The average Bonchev–Trinajstić information content (AvgIpc) is 2.67. The Labute approximate surface area is 169 Å².